The Labute approximate surface area is 173 Å². The fourth-order valence-electron chi connectivity index (χ4n) is 6.31. The predicted molar refractivity (Wildman–Crippen MR) is 114 cm³/mol. The maximum absolute atomic E-state index is 13.4. The maximum Gasteiger partial charge on any atom is 0.165 e. The number of allylic oxidation sites excluding steroid dienone is 1. The van der Waals surface area contributed by atoms with E-state index in [0.717, 1.165) is 49.1 Å². The summed E-state index contributed by atoms with van der Waals surface area (Å²) in [7, 11) is 1.74. The van der Waals surface area contributed by atoms with Crippen molar-refractivity contribution in [3.8, 4) is 5.75 Å². The maximum atomic E-state index is 13.4. The molecule has 3 aliphatic rings. The molecule has 4 nitrogen and oxygen atoms in total. The van der Waals surface area contributed by atoms with E-state index in [1.54, 1.807) is 7.11 Å². The van der Waals surface area contributed by atoms with E-state index in [1.165, 1.54) is 17.5 Å². The van der Waals surface area contributed by atoms with Crippen molar-refractivity contribution in [2.45, 2.75) is 58.4 Å². The molecule has 1 heterocycles. The number of benzene rings is 1. The molecule has 0 bridgehead atoms. The first-order chi connectivity index (χ1) is 14.0. The highest BCUT2D eigenvalue weighted by Gasteiger charge is 2.56. The smallest absolute Gasteiger partial charge is 0.165 e. The minimum Gasteiger partial charge on any atom is -0.497 e. The van der Waals surface area contributed by atoms with Gasteiger partial charge in [0.05, 0.1) is 13.3 Å². The Morgan fingerprint density at radius 1 is 1.34 bits per heavy atom. The Kier molecular flexibility index (Phi) is 4.41. The first kappa shape index (κ1) is 18.7. The number of carbonyl (C=O) groups is 1. The number of nitrogens with zero attached hydrogens (tertiary/aromatic N) is 2. The Balaban J connectivity index is 1.46. The molecule has 0 amide bonds. The van der Waals surface area contributed by atoms with Crippen molar-refractivity contribution in [2.24, 2.45) is 17.3 Å². The van der Waals surface area contributed by atoms with Crippen molar-refractivity contribution < 1.29 is 9.53 Å². The van der Waals surface area contributed by atoms with Crippen LogP contribution in [0.2, 0.25) is 0 Å². The largest absolute Gasteiger partial charge is 0.497 e. The summed E-state index contributed by atoms with van der Waals surface area (Å²) in [4.78, 5) is 13.4. The average Bonchev–Trinajstić information content (AvgIpc) is 3.30. The van der Waals surface area contributed by atoms with Gasteiger partial charge in [-0.2, -0.15) is 5.10 Å². The van der Waals surface area contributed by atoms with E-state index >= 15 is 0 Å². The molecule has 4 atom stereocenters. The lowest BCUT2D eigenvalue weighted by molar-refractivity contribution is -0.127. The van der Waals surface area contributed by atoms with Crippen LogP contribution in [0.3, 0.4) is 0 Å². The van der Waals surface area contributed by atoms with Crippen molar-refractivity contribution in [3.63, 3.8) is 0 Å². The van der Waals surface area contributed by atoms with Gasteiger partial charge >= 0.3 is 0 Å². The lowest BCUT2D eigenvalue weighted by Crippen LogP contribution is -2.42. The molecule has 1 aromatic carbocycles. The molecule has 4 unspecified atom stereocenters. The Morgan fingerprint density at radius 2 is 2.21 bits per heavy atom. The molecule has 5 rings (SSSR count). The first-order valence-electron chi connectivity index (χ1n) is 11.0. The molecule has 0 spiro atoms. The molecule has 0 saturated heterocycles. The van der Waals surface area contributed by atoms with Gasteiger partial charge in [-0.05, 0) is 91.7 Å². The molecule has 29 heavy (non-hydrogen) atoms. The number of hydrogen-bond acceptors (Lipinski definition) is 3. The summed E-state index contributed by atoms with van der Waals surface area (Å²) in [5, 5.41) is 4.37. The molecule has 152 valence electrons. The van der Waals surface area contributed by atoms with Gasteiger partial charge in [-0.3, -0.25) is 9.48 Å². The molecule has 0 aliphatic heterocycles. The SMILES string of the molecule is CCn1cc(C=C2CC3C4CCc5cc(OC)ccc5C4CCC3(C)C2=O)cn1. The second-order valence-corrected chi connectivity index (χ2v) is 9.27. The fraction of sp³-hybridized carbons (Fsp3) is 0.520. The normalized spacial score (nSPS) is 32.0. The van der Waals surface area contributed by atoms with E-state index < -0.39 is 0 Å². The molecule has 0 N–H and O–H groups in total. The van der Waals surface area contributed by atoms with Crippen LogP contribution in [0.4, 0.5) is 0 Å². The van der Waals surface area contributed by atoms with E-state index in [1.807, 2.05) is 17.1 Å². The second-order valence-electron chi connectivity index (χ2n) is 9.27. The number of ketones is 1. The second kappa shape index (κ2) is 6.86. The van der Waals surface area contributed by atoms with Crippen molar-refractivity contribution in [1.29, 1.82) is 0 Å². The van der Waals surface area contributed by atoms with Gasteiger partial charge in [0.2, 0.25) is 0 Å². The van der Waals surface area contributed by atoms with Crippen LogP contribution in [0.1, 0.15) is 62.1 Å². The summed E-state index contributed by atoms with van der Waals surface area (Å²) in [6.07, 6.45) is 11.3. The van der Waals surface area contributed by atoms with Crippen LogP contribution >= 0.6 is 0 Å². The zero-order valence-electron chi connectivity index (χ0n) is 17.6. The van der Waals surface area contributed by atoms with Crippen molar-refractivity contribution >= 4 is 11.9 Å². The van der Waals surface area contributed by atoms with Gasteiger partial charge in [0.25, 0.3) is 0 Å². The summed E-state index contributed by atoms with van der Waals surface area (Å²) in [5.41, 5.74) is 4.81. The summed E-state index contributed by atoms with van der Waals surface area (Å²) >= 11 is 0. The first-order valence-corrected chi connectivity index (χ1v) is 11.0. The lowest BCUT2D eigenvalue weighted by atomic mass is 9.55. The quantitative estimate of drug-likeness (QED) is 0.691. The van der Waals surface area contributed by atoms with Crippen LogP contribution in [0, 0.1) is 17.3 Å². The fourth-order valence-corrected chi connectivity index (χ4v) is 6.31. The van der Waals surface area contributed by atoms with Gasteiger partial charge in [0.15, 0.2) is 5.78 Å². The van der Waals surface area contributed by atoms with Crippen molar-refractivity contribution in [1.82, 2.24) is 9.78 Å². The van der Waals surface area contributed by atoms with Gasteiger partial charge in [0, 0.05) is 23.7 Å². The van der Waals surface area contributed by atoms with E-state index in [0.29, 0.717) is 23.5 Å². The highest BCUT2D eigenvalue weighted by molar-refractivity contribution is 6.05. The number of aryl methyl sites for hydroxylation is 2. The molecule has 3 aliphatic carbocycles. The minimum absolute atomic E-state index is 0.197. The number of aromatic nitrogens is 2. The van der Waals surface area contributed by atoms with E-state index in [-0.39, 0.29) is 5.41 Å². The Hall–Kier alpha value is -2.36. The van der Waals surface area contributed by atoms with Crippen molar-refractivity contribution in [2.75, 3.05) is 7.11 Å². The molecule has 1 aromatic heterocycles. The molecule has 2 saturated carbocycles. The number of ether oxygens (including phenoxy) is 1. The number of methoxy groups -OCH3 is 1. The van der Waals surface area contributed by atoms with E-state index in [2.05, 4.69) is 43.2 Å². The highest BCUT2D eigenvalue weighted by Crippen LogP contribution is 2.60. The van der Waals surface area contributed by atoms with Crippen LogP contribution in [0.5, 0.6) is 5.75 Å². The molecular formula is C25H30N2O2. The van der Waals surface area contributed by atoms with Crippen LogP contribution in [0.15, 0.2) is 36.2 Å². The predicted octanol–water partition coefficient (Wildman–Crippen LogP) is 5.03. The standard InChI is InChI=1S/C25H30N2O2/c1-4-27-15-16(14-26-27)11-18-13-23-22-7-5-17-12-19(29-3)6-8-20(17)21(22)9-10-25(23,2)24(18)28/h6,8,11-12,14-15,21-23H,4-5,7,9-10,13H2,1-3H3. The van der Waals surface area contributed by atoms with E-state index in [4.69, 9.17) is 4.74 Å². The monoisotopic (exact) mass is 390 g/mol. The van der Waals surface area contributed by atoms with Gasteiger partial charge in [-0.25, -0.2) is 0 Å². The number of Topliss-reactive ketones (excluding diaryl/α,β-unsaturated/α-hetero) is 1. The Morgan fingerprint density at radius 3 is 2.97 bits per heavy atom. The van der Waals surface area contributed by atoms with Gasteiger partial charge in [0.1, 0.15) is 5.75 Å². The van der Waals surface area contributed by atoms with Crippen LogP contribution in [-0.4, -0.2) is 22.7 Å². The third-order valence-corrected chi connectivity index (χ3v) is 7.89. The topological polar surface area (TPSA) is 44.1 Å². The summed E-state index contributed by atoms with van der Waals surface area (Å²) in [6.45, 7) is 5.17. The molecule has 2 aromatic rings. The summed E-state index contributed by atoms with van der Waals surface area (Å²) < 4.78 is 7.36. The molecule has 0 radical (unpaired) electrons. The Bertz CT molecular complexity index is 988. The third-order valence-electron chi connectivity index (χ3n) is 7.89. The number of carbonyl (C=O) groups excluding carboxylic acids is 1. The number of rotatable bonds is 3. The summed E-state index contributed by atoms with van der Waals surface area (Å²) in [5.74, 6) is 2.97. The van der Waals surface area contributed by atoms with Crippen molar-refractivity contribution in [3.05, 3.63) is 52.9 Å². The number of hydrogen-bond donors (Lipinski definition) is 0. The van der Waals surface area contributed by atoms with Crippen LogP contribution in [-0.2, 0) is 17.8 Å². The zero-order valence-corrected chi connectivity index (χ0v) is 17.6. The molecular weight excluding hydrogens is 360 g/mol. The number of fused-ring (bicyclic) bond motifs is 5. The lowest BCUT2D eigenvalue weighted by Gasteiger charge is -2.48. The third kappa shape index (κ3) is 2.87. The van der Waals surface area contributed by atoms with E-state index in [9.17, 15) is 4.79 Å². The van der Waals surface area contributed by atoms with Gasteiger partial charge in [-0.15, -0.1) is 0 Å². The van der Waals surface area contributed by atoms with Gasteiger partial charge < -0.3 is 4.74 Å². The van der Waals surface area contributed by atoms with Gasteiger partial charge in [-0.1, -0.05) is 13.0 Å². The molecule has 4 heteroatoms. The summed E-state index contributed by atoms with van der Waals surface area (Å²) in [6, 6.07) is 6.60. The molecule has 2 fully saturated rings. The highest BCUT2D eigenvalue weighted by atomic mass is 16.5. The zero-order chi connectivity index (χ0) is 20.2. The minimum atomic E-state index is -0.197. The van der Waals surface area contributed by atoms with Crippen LogP contribution in [0.25, 0.3) is 6.08 Å². The van der Waals surface area contributed by atoms with Crippen LogP contribution < -0.4 is 4.74 Å². The average molecular weight is 391 g/mol.